The van der Waals surface area contributed by atoms with Crippen molar-refractivity contribution in [1.29, 1.82) is 0 Å². The molecule has 0 spiro atoms. The van der Waals surface area contributed by atoms with E-state index in [2.05, 4.69) is 0 Å². The molecule has 0 aliphatic rings. The quantitative estimate of drug-likeness (QED) is 0.156. The van der Waals surface area contributed by atoms with E-state index in [4.69, 9.17) is 27.7 Å². The minimum Gasteiger partial charge on any atom is -0.455 e. The summed E-state index contributed by atoms with van der Waals surface area (Å²) in [5.74, 6) is 0. The summed E-state index contributed by atoms with van der Waals surface area (Å²) in [6.45, 7) is 0. The Bertz CT molecular complexity index is 3710. The van der Waals surface area contributed by atoms with Gasteiger partial charge in [0.1, 0.15) is 11.2 Å². The van der Waals surface area contributed by atoms with Crippen LogP contribution in [-0.2, 0) is 0 Å². The van der Waals surface area contributed by atoms with Gasteiger partial charge < -0.3 is 4.42 Å². The monoisotopic (exact) mass is 544 g/mol. The molecule has 1 aromatic heterocycles. The molecule has 9 rings (SSSR count). The molecule has 0 fully saturated rings. The zero-order chi connectivity index (χ0) is 47.8. The molecule has 0 radical (unpaired) electrons. The van der Waals surface area contributed by atoms with Gasteiger partial charge in [0.15, 0.2) is 0 Å². The summed E-state index contributed by atoms with van der Waals surface area (Å²) in [5.41, 5.74) is -3.81. The topological polar surface area (TPSA) is 13.1 Å². The van der Waals surface area contributed by atoms with Crippen molar-refractivity contribution in [1.82, 2.24) is 0 Å². The van der Waals surface area contributed by atoms with Gasteiger partial charge in [0.25, 0.3) is 0 Å². The second kappa shape index (κ2) is 8.55. The van der Waals surface area contributed by atoms with Crippen LogP contribution in [-0.4, -0.2) is 0 Å². The Morgan fingerprint density at radius 2 is 0.805 bits per heavy atom. The van der Waals surface area contributed by atoms with Crippen LogP contribution < -0.4 is 0 Å². The van der Waals surface area contributed by atoms with Crippen LogP contribution in [0.3, 0.4) is 0 Å². The molecule has 0 saturated heterocycles. The number of hydrogen-bond donors (Lipinski definition) is 0. The fourth-order valence-electron chi connectivity index (χ4n) is 5.39. The summed E-state index contributed by atoms with van der Waals surface area (Å²) in [4.78, 5) is 0. The maximum atomic E-state index is 9.46. The Morgan fingerprint density at radius 1 is 0.341 bits per heavy atom. The van der Waals surface area contributed by atoms with Crippen LogP contribution in [0.4, 0.5) is 0 Å². The van der Waals surface area contributed by atoms with Crippen LogP contribution in [0, 0.1) is 0 Å². The molecule has 0 saturated carbocycles. The molecule has 0 aliphatic carbocycles. The van der Waals surface area contributed by atoms with E-state index in [1.807, 2.05) is 0 Å². The van der Waals surface area contributed by atoms with E-state index >= 15 is 0 Å². The van der Waals surface area contributed by atoms with E-state index in [-0.39, 0.29) is 5.39 Å². The zero-order valence-electron chi connectivity index (χ0n) is 44.4. The van der Waals surface area contributed by atoms with E-state index in [1.165, 1.54) is 0 Å². The number of rotatable bonds is 2. The second-order valence-electron chi connectivity index (χ2n) is 9.01. The van der Waals surface area contributed by atoms with Gasteiger partial charge in [-0.2, -0.15) is 0 Å². The predicted octanol–water partition coefficient (Wildman–Crippen LogP) is 11.5. The van der Waals surface area contributed by atoms with E-state index < -0.39 is 227 Å². The Hall–Kier alpha value is -5.40. The summed E-state index contributed by atoms with van der Waals surface area (Å²) in [5, 5.41) is -5.17. The van der Waals surface area contributed by atoms with Gasteiger partial charge >= 0.3 is 0 Å². The zero-order valence-corrected chi connectivity index (χ0v) is 20.4. The van der Waals surface area contributed by atoms with Gasteiger partial charge in [-0.15, -0.1) is 0 Å². The number of para-hydroxylation sites is 1. The minimum absolute atomic E-state index is 0.382. The largest absolute Gasteiger partial charge is 0.455 e. The van der Waals surface area contributed by atoms with E-state index in [1.54, 1.807) is 0 Å². The van der Waals surface area contributed by atoms with Crippen LogP contribution in [0.1, 0.15) is 32.9 Å². The van der Waals surface area contributed by atoms with Gasteiger partial charge in [-0.25, -0.2) is 0 Å². The molecule has 1 nitrogen and oxygen atoms in total. The second-order valence-corrected chi connectivity index (χ2v) is 9.01. The third kappa shape index (κ3) is 3.12. The van der Waals surface area contributed by atoms with Crippen LogP contribution in [0.25, 0.3) is 87.3 Å². The first kappa shape index (κ1) is 9.33. The van der Waals surface area contributed by atoms with Crippen molar-refractivity contribution in [2.75, 3.05) is 0 Å². The van der Waals surface area contributed by atoms with Crippen LogP contribution in [0.2, 0.25) is 0 Å². The molecule has 8 aromatic carbocycles. The van der Waals surface area contributed by atoms with Crippen LogP contribution >= 0.6 is 0 Å². The molecule has 0 aliphatic heterocycles. The highest BCUT2D eigenvalue weighted by Gasteiger charge is 2.21. The van der Waals surface area contributed by atoms with Crippen molar-refractivity contribution in [2.45, 2.75) is 0 Å². The Balaban J connectivity index is 1.71. The van der Waals surface area contributed by atoms with E-state index in [9.17, 15) is 9.60 Å². The fraction of sp³-hybridized carbons (Fsp3) is 0. The molecule has 0 amide bonds. The maximum Gasteiger partial charge on any atom is 0.143 e. The smallest absolute Gasteiger partial charge is 0.143 e. The summed E-state index contributed by atoms with van der Waals surface area (Å²) in [6.07, 6.45) is 0. The molecule has 0 bridgehead atoms. The van der Waals surface area contributed by atoms with Gasteiger partial charge in [0.2, 0.25) is 0 Å². The molecular weight excluding hydrogens is 496 g/mol. The molecule has 1 heterocycles. The third-order valence-corrected chi connectivity index (χ3v) is 6.99. The van der Waals surface area contributed by atoms with E-state index in [0.717, 1.165) is 0 Å². The van der Waals surface area contributed by atoms with Gasteiger partial charge in [0, 0.05) is 27.3 Å². The molecule has 41 heavy (non-hydrogen) atoms. The van der Waals surface area contributed by atoms with Crippen LogP contribution in [0.5, 0.6) is 0 Å². The summed E-state index contributed by atoms with van der Waals surface area (Å²) < 4.78 is 220. The molecule has 0 atom stereocenters. The summed E-state index contributed by atoms with van der Waals surface area (Å²) >= 11 is 0. The van der Waals surface area contributed by atoms with Crippen molar-refractivity contribution in [3.8, 4) is 22.3 Å². The summed E-state index contributed by atoms with van der Waals surface area (Å²) in [6, 6.07) is -20.7. The first-order chi connectivity index (χ1) is 30.3. The molecule has 0 unspecified atom stereocenters. The van der Waals surface area contributed by atoms with Crippen molar-refractivity contribution in [2.24, 2.45) is 0 Å². The summed E-state index contributed by atoms with van der Waals surface area (Å²) in [7, 11) is 0. The highest BCUT2D eigenvalue weighted by atomic mass is 16.3. The average Bonchev–Trinajstić information content (AvgIpc) is 3.67. The number of hydrogen-bond acceptors (Lipinski definition) is 1. The molecule has 190 valence electrons. The van der Waals surface area contributed by atoms with Gasteiger partial charge in [-0.3, -0.25) is 0 Å². The SMILES string of the molecule is [2H]c1c([2H])c([2H])c(-c2c3c([2H])c([2H])c([2H])c([2H])c3c(-c3c([2H])c([2H])c([2H])c4c3oc3c5c([2H])c([2H])c([2H])c([2H])c5c5c([2H])c([2H])c([2H])c([2H])c5c34)c3c([2H])c([2H])c([2H])c([2H])c23)c([2H])c1[2H]. The highest BCUT2D eigenvalue weighted by Crippen LogP contribution is 2.48. The Labute approximate surface area is 270 Å². The predicted molar refractivity (Wildman–Crippen MR) is 175 cm³/mol. The van der Waals surface area contributed by atoms with Gasteiger partial charge in [-0.1, -0.05) is 145 Å². The van der Waals surface area contributed by atoms with Crippen molar-refractivity contribution in [3.63, 3.8) is 0 Å². The lowest BCUT2D eigenvalue weighted by atomic mass is 9.85. The average molecular weight is 545 g/mol. The van der Waals surface area contributed by atoms with E-state index in [0.29, 0.717) is 0 Å². The standard InChI is InChI=1S/C40H24O/c1-2-13-25(14-3-1)36-29-18-7-9-20-31(29)37(32-21-10-8-19-30(32)36)34-23-12-24-35-38-28-17-6-4-15-26(28)27-16-5-11-22-33(27)40(38)41-39(34)35/h1-24H/i1D,2D,3D,4D,5D,6D,7D,8D,9D,10D,11D,12D,13D,14D,15D,16D,17D,18D,19D,20D,21D,22D,23D,24D. The van der Waals surface area contributed by atoms with Crippen molar-refractivity contribution in [3.05, 3.63) is 145 Å². The van der Waals surface area contributed by atoms with Crippen molar-refractivity contribution >= 4 is 65.0 Å². The van der Waals surface area contributed by atoms with Gasteiger partial charge in [-0.05, 0) is 48.8 Å². The number of benzene rings is 8. The van der Waals surface area contributed by atoms with Gasteiger partial charge in [0.05, 0.1) is 32.9 Å². The minimum atomic E-state index is -0.935. The first-order valence-electron chi connectivity index (χ1n) is 24.2. The highest BCUT2D eigenvalue weighted by molar-refractivity contribution is 6.32. The maximum absolute atomic E-state index is 9.46. The Kier molecular flexibility index (Phi) is 1.94. The lowest BCUT2D eigenvalue weighted by Gasteiger charge is -2.17. The first-order valence-corrected chi connectivity index (χ1v) is 12.2. The lowest BCUT2D eigenvalue weighted by molar-refractivity contribution is 0.674. The molecular formula is C40H24O. The molecule has 0 N–H and O–H groups in total. The fourth-order valence-corrected chi connectivity index (χ4v) is 5.39. The molecule has 9 aromatic rings. The Morgan fingerprint density at radius 3 is 1.44 bits per heavy atom. The molecule has 1 heteroatoms. The van der Waals surface area contributed by atoms with Crippen LogP contribution in [0.15, 0.2) is 149 Å². The lowest BCUT2D eigenvalue weighted by Crippen LogP contribution is -1.90. The number of fused-ring (bicyclic) bond motifs is 10. The third-order valence-electron chi connectivity index (χ3n) is 6.99. The number of furan rings is 1. The normalized spacial score (nSPS) is 20.1. The van der Waals surface area contributed by atoms with Crippen molar-refractivity contribution < 1.29 is 37.3 Å².